The molecule has 7 rings (SSSR count). The zero-order valence-electron chi connectivity index (χ0n) is 19.6. The van der Waals surface area contributed by atoms with Crippen molar-refractivity contribution in [2.75, 3.05) is 6.54 Å². The number of benzene rings is 2. The summed E-state index contributed by atoms with van der Waals surface area (Å²) >= 11 is 0. The Kier molecular flexibility index (Phi) is 5.10. The number of pyridine rings is 1. The molecule has 3 fully saturated rings. The van der Waals surface area contributed by atoms with Crippen LogP contribution in [-0.2, 0) is 5.54 Å². The van der Waals surface area contributed by atoms with Crippen LogP contribution in [0.1, 0.15) is 24.4 Å². The van der Waals surface area contributed by atoms with Crippen molar-refractivity contribution in [1.29, 1.82) is 0 Å². The summed E-state index contributed by atoms with van der Waals surface area (Å²) in [6.07, 6.45) is -1.52. The Morgan fingerprint density at radius 1 is 1.16 bits per heavy atom. The number of hydrogen-bond acceptors (Lipinski definition) is 5. The first-order valence-electron chi connectivity index (χ1n) is 11.7. The van der Waals surface area contributed by atoms with Gasteiger partial charge in [-0.2, -0.15) is 0 Å². The molecule has 0 unspecified atom stereocenters. The van der Waals surface area contributed by atoms with Gasteiger partial charge in [0.15, 0.2) is 5.69 Å². The summed E-state index contributed by atoms with van der Waals surface area (Å²) in [5, 5.41) is 3.74. The smallest absolute Gasteiger partial charge is 0.406 e. The third-order valence-corrected chi connectivity index (χ3v) is 7.07. The zero-order chi connectivity index (χ0) is 25.9. The second kappa shape index (κ2) is 8.15. The number of ether oxygens (including phenoxy) is 1. The number of rotatable bonds is 4. The van der Waals surface area contributed by atoms with E-state index in [0.29, 0.717) is 28.5 Å². The topological polar surface area (TPSA) is 73.4 Å². The second-order valence-electron chi connectivity index (χ2n) is 9.54. The van der Waals surface area contributed by atoms with Crippen LogP contribution < -0.4 is 15.6 Å². The molecule has 1 saturated carbocycles. The second-order valence-corrected chi connectivity index (χ2v) is 9.54. The zero-order valence-corrected chi connectivity index (χ0v) is 19.6. The number of halogens is 3. The number of alkyl halides is 3. The van der Waals surface area contributed by atoms with Crippen molar-refractivity contribution in [3.05, 3.63) is 88.0 Å². The van der Waals surface area contributed by atoms with Gasteiger partial charge < -0.3 is 10.1 Å². The molecule has 2 aliphatic heterocycles. The number of nitrogens with zero attached hydrogens (tertiary/aromatic N) is 4. The van der Waals surface area contributed by atoms with Crippen molar-refractivity contribution in [3.63, 3.8) is 0 Å². The number of fused-ring (bicyclic) bond motifs is 2. The molecule has 0 amide bonds. The highest BCUT2D eigenvalue weighted by Crippen LogP contribution is 2.50. The van der Waals surface area contributed by atoms with Gasteiger partial charge in [-0.1, -0.05) is 6.07 Å². The Hall–Kier alpha value is -4.23. The van der Waals surface area contributed by atoms with Gasteiger partial charge in [0.25, 0.3) is 5.56 Å². The van der Waals surface area contributed by atoms with Crippen molar-refractivity contribution in [1.82, 2.24) is 19.9 Å². The van der Waals surface area contributed by atoms with E-state index in [2.05, 4.69) is 19.9 Å². The number of nitrogens with one attached hydrogen (secondary N) is 1. The normalized spacial score (nSPS) is 20.5. The standard InChI is InChI=1S/C27H20F3N5O2/c1-15-3-4-17(14-32-15)21-9-18(31-2)10-22-23(21)34-25(26-11-16(12-26)13-33-26)35(24(22)36)19-5-7-20(8-6-19)37-27(28,29)30/h3-10,14,16,33H,11-13H2,1H3. The van der Waals surface area contributed by atoms with Crippen LogP contribution in [0.25, 0.3) is 32.6 Å². The number of hydrogen-bond donors (Lipinski definition) is 1. The molecular formula is C27H20F3N5O2. The fourth-order valence-electron chi connectivity index (χ4n) is 5.36. The highest BCUT2D eigenvalue weighted by molar-refractivity contribution is 5.96. The fourth-order valence-corrected chi connectivity index (χ4v) is 5.36. The van der Waals surface area contributed by atoms with Crippen LogP contribution >= 0.6 is 0 Å². The number of aryl methyl sites for hydroxylation is 1. The molecule has 2 aromatic heterocycles. The molecule has 4 aromatic rings. The minimum Gasteiger partial charge on any atom is -0.406 e. The molecule has 2 aromatic carbocycles. The fraction of sp³-hybridized carbons (Fsp3) is 0.259. The Bertz CT molecular complexity index is 1630. The first kappa shape index (κ1) is 23.2. The minimum atomic E-state index is -4.82. The van der Waals surface area contributed by atoms with E-state index in [0.717, 1.165) is 30.6 Å². The highest BCUT2D eigenvalue weighted by Gasteiger charge is 2.54. The maximum Gasteiger partial charge on any atom is 0.573 e. The largest absolute Gasteiger partial charge is 0.573 e. The number of aromatic nitrogens is 3. The van der Waals surface area contributed by atoms with Crippen molar-refractivity contribution in [3.8, 4) is 22.6 Å². The average molecular weight is 503 g/mol. The van der Waals surface area contributed by atoms with Crippen molar-refractivity contribution < 1.29 is 17.9 Å². The van der Waals surface area contributed by atoms with Crippen molar-refractivity contribution in [2.24, 2.45) is 5.92 Å². The summed E-state index contributed by atoms with van der Waals surface area (Å²) in [5.41, 5.74) is 2.37. The summed E-state index contributed by atoms with van der Waals surface area (Å²) < 4.78 is 43.5. The van der Waals surface area contributed by atoms with Crippen LogP contribution in [0, 0.1) is 19.4 Å². The third kappa shape index (κ3) is 3.92. The van der Waals surface area contributed by atoms with Crippen molar-refractivity contribution in [2.45, 2.75) is 31.7 Å². The lowest BCUT2D eigenvalue weighted by atomic mass is 9.73. The molecular weight excluding hydrogens is 483 g/mol. The van der Waals surface area contributed by atoms with Crippen LogP contribution in [0.4, 0.5) is 18.9 Å². The molecule has 10 heteroatoms. The Balaban J connectivity index is 1.61. The first-order valence-corrected chi connectivity index (χ1v) is 11.7. The molecule has 186 valence electrons. The predicted octanol–water partition coefficient (Wildman–Crippen LogP) is 5.41. The van der Waals surface area contributed by atoms with Crippen molar-refractivity contribution >= 4 is 16.6 Å². The van der Waals surface area contributed by atoms with Gasteiger partial charge in [-0.25, -0.2) is 9.83 Å². The summed E-state index contributed by atoms with van der Waals surface area (Å²) in [6.45, 7) is 10.2. The van der Waals surface area contributed by atoms with Crippen LogP contribution in [0.5, 0.6) is 5.75 Å². The Morgan fingerprint density at radius 3 is 2.51 bits per heavy atom. The predicted molar refractivity (Wildman–Crippen MR) is 131 cm³/mol. The summed E-state index contributed by atoms with van der Waals surface area (Å²) in [4.78, 5) is 27.0. The van der Waals surface area contributed by atoms with Gasteiger partial charge in [-0.05, 0) is 80.3 Å². The average Bonchev–Trinajstić information content (AvgIpc) is 3.46. The molecule has 1 aliphatic carbocycles. The molecule has 2 saturated heterocycles. The van der Waals surface area contributed by atoms with E-state index in [-0.39, 0.29) is 16.8 Å². The lowest BCUT2D eigenvalue weighted by molar-refractivity contribution is -0.274. The van der Waals surface area contributed by atoms with Crippen LogP contribution in [0.3, 0.4) is 0 Å². The van der Waals surface area contributed by atoms with E-state index in [1.54, 1.807) is 12.3 Å². The SMILES string of the molecule is [C-]#[N+]c1cc(-c2ccc(C)nc2)c2nc(C34CC(CN3)C4)n(-c3ccc(OC(F)(F)F)cc3)c(=O)c2c1. The van der Waals surface area contributed by atoms with Gasteiger partial charge in [0.2, 0.25) is 0 Å². The van der Waals surface area contributed by atoms with E-state index >= 15 is 0 Å². The molecule has 1 N–H and O–H groups in total. The van der Waals surface area contributed by atoms with E-state index in [1.807, 2.05) is 19.1 Å². The van der Waals surface area contributed by atoms with Crippen LogP contribution in [-0.4, -0.2) is 27.4 Å². The van der Waals surface area contributed by atoms with Gasteiger partial charge in [-0.3, -0.25) is 14.3 Å². The third-order valence-electron chi connectivity index (χ3n) is 7.07. The quantitative estimate of drug-likeness (QED) is 0.377. The molecule has 2 bridgehead atoms. The van der Waals surface area contributed by atoms with Gasteiger partial charge in [0.05, 0.1) is 28.7 Å². The van der Waals surface area contributed by atoms with E-state index in [4.69, 9.17) is 11.6 Å². The van der Waals surface area contributed by atoms with Crippen LogP contribution in [0.2, 0.25) is 0 Å². The lowest BCUT2D eigenvalue weighted by Crippen LogP contribution is -2.45. The molecule has 3 aliphatic rings. The van der Waals surface area contributed by atoms with Gasteiger partial charge in [-0.15, -0.1) is 13.2 Å². The van der Waals surface area contributed by atoms with Gasteiger partial charge in [0, 0.05) is 17.5 Å². The molecule has 4 heterocycles. The van der Waals surface area contributed by atoms with Gasteiger partial charge >= 0.3 is 6.36 Å². The van der Waals surface area contributed by atoms with Crippen LogP contribution in [0.15, 0.2) is 59.5 Å². The minimum absolute atomic E-state index is 0.244. The molecule has 0 atom stereocenters. The summed E-state index contributed by atoms with van der Waals surface area (Å²) in [7, 11) is 0. The maximum atomic E-state index is 14.1. The first-order chi connectivity index (χ1) is 17.7. The molecule has 7 nitrogen and oxygen atoms in total. The molecule has 0 spiro atoms. The van der Waals surface area contributed by atoms with E-state index < -0.39 is 17.5 Å². The maximum absolute atomic E-state index is 14.1. The summed E-state index contributed by atoms with van der Waals surface area (Å²) in [5.74, 6) is 0.596. The highest BCUT2D eigenvalue weighted by atomic mass is 19.4. The Labute approximate surface area is 209 Å². The molecule has 0 radical (unpaired) electrons. The van der Waals surface area contributed by atoms with Gasteiger partial charge in [0.1, 0.15) is 11.6 Å². The van der Waals surface area contributed by atoms with E-state index in [1.165, 1.54) is 34.9 Å². The Morgan fingerprint density at radius 2 is 1.92 bits per heavy atom. The summed E-state index contributed by atoms with van der Waals surface area (Å²) in [6, 6.07) is 12.1. The monoisotopic (exact) mass is 503 g/mol. The van der Waals surface area contributed by atoms with E-state index in [9.17, 15) is 18.0 Å². The lowest BCUT2D eigenvalue weighted by Gasteiger charge is -2.38. The molecule has 37 heavy (non-hydrogen) atoms.